The van der Waals surface area contributed by atoms with Gasteiger partial charge in [0.05, 0.1) is 25.7 Å². The Morgan fingerprint density at radius 2 is 1.93 bits per heavy atom. The second-order valence-electron chi connectivity index (χ2n) is 7.01. The number of hydrogen-bond donors (Lipinski definition) is 3. The maximum Gasteiger partial charge on any atom is 0.472 e. The van der Waals surface area contributed by atoms with E-state index in [1.54, 1.807) is 37.3 Å². The summed E-state index contributed by atoms with van der Waals surface area (Å²) in [5.41, 5.74) is 2.32. The molecule has 2 aromatic rings. The van der Waals surface area contributed by atoms with Crippen LogP contribution < -0.4 is 0 Å². The van der Waals surface area contributed by atoms with Gasteiger partial charge in [0.2, 0.25) is 0 Å². The monoisotopic (exact) mass is 386 g/mol. The molecule has 3 N–H and O–H groups in total. The van der Waals surface area contributed by atoms with Crippen LogP contribution in [0.1, 0.15) is 35.0 Å². The number of aliphatic hydroxyl groups is 3. The molecule has 2 heterocycles. The third-order valence-electron chi connectivity index (χ3n) is 5.00. The van der Waals surface area contributed by atoms with Crippen LogP contribution in [-0.2, 0) is 4.74 Å². The van der Waals surface area contributed by atoms with Crippen molar-refractivity contribution in [1.82, 2.24) is 0 Å². The molecule has 4 atom stereocenters. The van der Waals surface area contributed by atoms with Crippen molar-refractivity contribution in [3.63, 3.8) is 0 Å². The Morgan fingerprint density at radius 1 is 1.18 bits per heavy atom. The molecular weight excluding hydrogens is 365 g/mol. The van der Waals surface area contributed by atoms with Crippen LogP contribution in [-0.4, -0.2) is 52.0 Å². The van der Waals surface area contributed by atoms with Crippen LogP contribution in [0.25, 0.3) is 11.1 Å². The number of amides is 1. The lowest BCUT2D eigenvalue weighted by molar-refractivity contribution is -0.179. The molecule has 146 valence electrons. The lowest BCUT2D eigenvalue weighted by atomic mass is 9.91. The van der Waals surface area contributed by atoms with Crippen molar-refractivity contribution in [2.75, 3.05) is 6.61 Å². The van der Waals surface area contributed by atoms with Crippen molar-refractivity contribution >= 4 is 11.8 Å². The highest BCUT2D eigenvalue weighted by atomic mass is 19.1. The van der Waals surface area contributed by atoms with Gasteiger partial charge in [-0.25, -0.2) is 4.39 Å². The Balaban J connectivity index is 1.62. The van der Waals surface area contributed by atoms with Crippen LogP contribution in [0.2, 0.25) is 0 Å². The van der Waals surface area contributed by atoms with Gasteiger partial charge in [0.1, 0.15) is 23.6 Å². The van der Waals surface area contributed by atoms with Crippen molar-refractivity contribution in [2.24, 2.45) is 4.99 Å². The minimum absolute atomic E-state index is 0.170. The molecule has 0 spiro atoms. The third kappa shape index (κ3) is 3.49. The summed E-state index contributed by atoms with van der Waals surface area (Å²) >= 11 is 0. The molecule has 2 aliphatic heterocycles. The Kier molecular flexibility index (Phi) is 5.07. The normalized spacial score (nSPS) is 27.0. The first kappa shape index (κ1) is 18.9. The summed E-state index contributed by atoms with van der Waals surface area (Å²) in [7, 11) is 0. The molecule has 1 fully saturated rings. The Labute approximate surface area is 161 Å². The van der Waals surface area contributed by atoms with Gasteiger partial charge in [0.25, 0.3) is 0 Å². The van der Waals surface area contributed by atoms with Crippen LogP contribution in [0.5, 0.6) is 0 Å². The van der Waals surface area contributed by atoms with Gasteiger partial charge < -0.3 is 20.1 Å². The van der Waals surface area contributed by atoms with E-state index < -0.39 is 30.2 Å². The summed E-state index contributed by atoms with van der Waals surface area (Å²) in [6.07, 6.45) is -3.25. The number of ether oxygens (including phenoxy) is 1. The zero-order valence-electron chi connectivity index (χ0n) is 15.2. The van der Waals surface area contributed by atoms with Gasteiger partial charge in [-0.05, 0) is 34.9 Å². The Hall–Kier alpha value is -2.45. The second-order valence-corrected chi connectivity index (χ2v) is 7.01. The maximum absolute atomic E-state index is 14.5. The topological polar surface area (TPSA) is 93.6 Å². The average Bonchev–Trinajstić information content (AvgIpc) is 2.68. The summed E-state index contributed by atoms with van der Waals surface area (Å²) in [6.45, 7) is 1.46. The SMILES string of the molecule is CC1=NC(c2ccc(-c3cccc(C4OC(CO)CC(O)C4O)c3)cc2F)=[O+]1. The Morgan fingerprint density at radius 3 is 2.61 bits per heavy atom. The minimum atomic E-state index is -1.11. The van der Waals surface area contributed by atoms with E-state index in [0.717, 1.165) is 5.56 Å². The highest BCUT2D eigenvalue weighted by Gasteiger charge is 2.37. The molecule has 0 saturated carbocycles. The molecule has 0 bridgehead atoms. The van der Waals surface area contributed by atoms with Gasteiger partial charge in [0, 0.05) is 6.42 Å². The highest BCUT2D eigenvalue weighted by Crippen LogP contribution is 2.34. The van der Waals surface area contributed by atoms with Crippen molar-refractivity contribution in [3.8, 4) is 11.1 Å². The number of halogens is 1. The maximum atomic E-state index is 14.5. The van der Waals surface area contributed by atoms with Crippen molar-refractivity contribution in [2.45, 2.75) is 37.8 Å². The quantitative estimate of drug-likeness (QED) is 0.702. The summed E-state index contributed by atoms with van der Waals surface area (Å²) in [5.74, 6) is 0.317. The smallest absolute Gasteiger partial charge is 0.394 e. The van der Waals surface area contributed by atoms with Gasteiger partial charge in [-0.1, -0.05) is 29.3 Å². The number of carbonyl (C=O) groups excluding carboxylic acids is 1. The van der Waals surface area contributed by atoms with Crippen molar-refractivity contribution in [3.05, 3.63) is 59.4 Å². The van der Waals surface area contributed by atoms with E-state index in [2.05, 4.69) is 4.99 Å². The number of hydrogen-bond acceptors (Lipinski definition) is 5. The van der Waals surface area contributed by atoms with Crippen LogP contribution in [0.4, 0.5) is 4.39 Å². The van der Waals surface area contributed by atoms with E-state index in [1.807, 2.05) is 6.07 Å². The fourth-order valence-corrected chi connectivity index (χ4v) is 3.52. The Bertz CT molecular complexity index is 958. The van der Waals surface area contributed by atoms with Gasteiger partial charge in [-0.2, -0.15) is 4.42 Å². The average molecular weight is 386 g/mol. The first-order chi connectivity index (χ1) is 13.5. The van der Waals surface area contributed by atoms with E-state index in [1.165, 1.54) is 6.07 Å². The van der Waals surface area contributed by atoms with Crippen LogP contribution >= 0.6 is 0 Å². The van der Waals surface area contributed by atoms with E-state index >= 15 is 0 Å². The van der Waals surface area contributed by atoms with Crippen molar-refractivity contribution < 1.29 is 28.9 Å². The first-order valence-corrected chi connectivity index (χ1v) is 9.09. The predicted octanol–water partition coefficient (Wildman–Crippen LogP) is 2.14. The molecule has 28 heavy (non-hydrogen) atoms. The summed E-state index contributed by atoms with van der Waals surface area (Å²) < 4.78 is 25.5. The summed E-state index contributed by atoms with van der Waals surface area (Å²) in [5, 5.41) is 29.7. The molecule has 6 nitrogen and oxygen atoms in total. The van der Waals surface area contributed by atoms with E-state index in [0.29, 0.717) is 22.6 Å². The van der Waals surface area contributed by atoms with Crippen LogP contribution in [0.3, 0.4) is 0 Å². The minimum Gasteiger partial charge on any atom is -0.394 e. The van der Waals surface area contributed by atoms with E-state index in [-0.39, 0.29) is 18.9 Å². The lowest BCUT2D eigenvalue weighted by Gasteiger charge is -2.37. The fraction of sp³-hybridized carbons (Fsp3) is 0.333. The predicted molar refractivity (Wildman–Crippen MR) is 101 cm³/mol. The molecule has 7 heteroatoms. The third-order valence-corrected chi connectivity index (χ3v) is 5.00. The zero-order valence-corrected chi connectivity index (χ0v) is 15.2. The van der Waals surface area contributed by atoms with Gasteiger partial charge in [0.15, 0.2) is 0 Å². The number of aliphatic imine (C=N–C) groups is 1. The van der Waals surface area contributed by atoms with Crippen molar-refractivity contribution in [1.29, 1.82) is 0 Å². The molecule has 0 aromatic heterocycles. The molecule has 0 aliphatic carbocycles. The van der Waals surface area contributed by atoms with Gasteiger partial charge >= 0.3 is 11.8 Å². The molecule has 0 radical (unpaired) electrons. The number of nitrogens with zero attached hydrogens (tertiary/aromatic N) is 1. The fourth-order valence-electron chi connectivity index (χ4n) is 3.52. The number of aliphatic hydroxyl groups excluding tert-OH is 3. The summed E-state index contributed by atoms with van der Waals surface area (Å²) in [4.78, 5) is 4.04. The van der Waals surface area contributed by atoms with Gasteiger partial charge in [-0.3, -0.25) is 0 Å². The highest BCUT2D eigenvalue weighted by molar-refractivity contribution is 6.08. The molecule has 4 unspecified atom stereocenters. The van der Waals surface area contributed by atoms with Crippen LogP contribution in [0, 0.1) is 5.82 Å². The zero-order chi connectivity index (χ0) is 19.8. The van der Waals surface area contributed by atoms with E-state index in [9.17, 15) is 19.7 Å². The van der Waals surface area contributed by atoms with E-state index in [4.69, 9.17) is 9.16 Å². The molecule has 2 aliphatic rings. The standard InChI is InChI=1S/C21H21FNO5/c1-11-23-21(27-11)16-6-5-13(8-17(16)22)12-3-2-4-14(7-12)20-19(26)18(25)9-15(10-24)28-20/h2-8,15,18-20,24-26H,9-10H2,1H3/q+1. The number of rotatable bonds is 4. The second kappa shape index (κ2) is 7.52. The summed E-state index contributed by atoms with van der Waals surface area (Å²) in [6, 6.07) is 11.9. The molecule has 2 aromatic carbocycles. The first-order valence-electron chi connectivity index (χ1n) is 9.09. The molecule has 0 amide bonds. The molecule has 1 saturated heterocycles. The lowest BCUT2D eigenvalue weighted by Crippen LogP contribution is -2.44. The largest absolute Gasteiger partial charge is 0.472 e. The number of benzene rings is 2. The van der Waals surface area contributed by atoms with Crippen LogP contribution in [0.15, 0.2) is 47.5 Å². The molecule has 4 rings (SSSR count). The van der Waals surface area contributed by atoms with Gasteiger partial charge in [-0.15, -0.1) is 0 Å². The molecular formula is C21H21FNO5+.